The number of anilines is 1. The highest BCUT2D eigenvalue weighted by molar-refractivity contribution is 7.18. The number of thiophene rings is 1. The van der Waals surface area contributed by atoms with E-state index in [2.05, 4.69) is 15.6 Å². The maximum Gasteiger partial charge on any atom is 0.410 e. The SMILES string of the molecule is CCOC(=O)c1csc(-c2c(NC(=O)CCNC(C)C)sc3c2CCN(C(=O)OC(C)(C)C)C3)n1. The fourth-order valence-corrected chi connectivity index (χ4v) is 5.76. The third-order valence-corrected chi connectivity index (χ3v) is 7.06. The Hall–Kier alpha value is -2.50. The van der Waals surface area contributed by atoms with Crippen LogP contribution in [0.1, 0.15) is 68.9 Å². The quantitative estimate of drug-likeness (QED) is 0.485. The van der Waals surface area contributed by atoms with Gasteiger partial charge in [0, 0.05) is 41.4 Å². The summed E-state index contributed by atoms with van der Waals surface area (Å²) >= 11 is 2.78. The molecule has 2 aromatic heterocycles. The highest BCUT2D eigenvalue weighted by atomic mass is 32.1. The van der Waals surface area contributed by atoms with Crippen LogP contribution in [0, 0.1) is 0 Å². The van der Waals surface area contributed by atoms with Gasteiger partial charge in [-0.15, -0.1) is 22.7 Å². The molecule has 3 heterocycles. The Labute approximate surface area is 214 Å². The number of esters is 1. The first-order chi connectivity index (χ1) is 16.5. The number of ether oxygens (including phenoxy) is 2. The summed E-state index contributed by atoms with van der Waals surface area (Å²) in [7, 11) is 0. The normalized spacial score (nSPS) is 13.5. The Morgan fingerprint density at radius 1 is 1.26 bits per heavy atom. The molecular weight excluding hydrogens is 488 g/mol. The summed E-state index contributed by atoms with van der Waals surface area (Å²) < 4.78 is 10.6. The molecule has 1 aliphatic rings. The predicted octanol–water partition coefficient (Wildman–Crippen LogP) is 4.67. The van der Waals surface area contributed by atoms with E-state index < -0.39 is 11.6 Å². The number of hydrogen-bond acceptors (Lipinski definition) is 9. The molecule has 0 bridgehead atoms. The number of carbonyl (C=O) groups excluding carboxylic acids is 3. The van der Waals surface area contributed by atoms with Crippen molar-refractivity contribution in [1.29, 1.82) is 0 Å². The number of thiazole rings is 1. The van der Waals surface area contributed by atoms with Crippen LogP contribution < -0.4 is 10.6 Å². The number of fused-ring (bicyclic) bond motifs is 1. The lowest BCUT2D eigenvalue weighted by molar-refractivity contribution is -0.116. The smallest absolute Gasteiger partial charge is 0.410 e. The van der Waals surface area contributed by atoms with Crippen LogP contribution >= 0.6 is 22.7 Å². The molecule has 0 saturated heterocycles. The van der Waals surface area contributed by atoms with Crippen LogP contribution in [0.15, 0.2) is 5.38 Å². The molecule has 0 aromatic carbocycles. The van der Waals surface area contributed by atoms with Crippen molar-refractivity contribution in [2.45, 2.75) is 72.6 Å². The molecule has 0 atom stereocenters. The monoisotopic (exact) mass is 522 g/mol. The zero-order valence-electron chi connectivity index (χ0n) is 21.1. The summed E-state index contributed by atoms with van der Waals surface area (Å²) in [6.45, 7) is 13.1. The van der Waals surface area contributed by atoms with Crippen molar-refractivity contribution in [2.24, 2.45) is 0 Å². The number of nitrogens with zero attached hydrogens (tertiary/aromatic N) is 2. The molecule has 0 fully saturated rings. The van der Waals surface area contributed by atoms with Crippen LogP contribution in [0.3, 0.4) is 0 Å². The van der Waals surface area contributed by atoms with Crippen LogP contribution in [-0.4, -0.2) is 59.2 Å². The number of carbonyl (C=O) groups is 3. The van der Waals surface area contributed by atoms with E-state index in [4.69, 9.17) is 9.47 Å². The molecular formula is C24H34N4O5S2. The molecule has 0 radical (unpaired) electrons. The first kappa shape index (κ1) is 27.1. The van der Waals surface area contributed by atoms with Crippen molar-refractivity contribution in [3.8, 4) is 10.6 Å². The topological polar surface area (TPSA) is 110 Å². The van der Waals surface area contributed by atoms with Crippen LogP contribution in [0.2, 0.25) is 0 Å². The van der Waals surface area contributed by atoms with Gasteiger partial charge in [-0.3, -0.25) is 4.79 Å². The first-order valence-corrected chi connectivity index (χ1v) is 13.5. The van der Waals surface area contributed by atoms with Crippen molar-refractivity contribution < 1.29 is 23.9 Å². The molecule has 192 valence electrons. The number of hydrogen-bond donors (Lipinski definition) is 2. The standard InChI is InChI=1S/C24H34N4O5S2/c1-7-32-22(30)16-13-34-20(26-16)19-15-9-11-28(23(31)33-24(4,5)6)12-17(15)35-21(19)27-18(29)8-10-25-14(2)3/h13-14,25H,7-12H2,1-6H3,(H,27,29). The van der Waals surface area contributed by atoms with Crippen LogP contribution in [-0.2, 0) is 27.2 Å². The van der Waals surface area contributed by atoms with Gasteiger partial charge in [-0.05, 0) is 39.7 Å². The average molecular weight is 523 g/mol. The third-order valence-electron chi connectivity index (χ3n) is 5.07. The van der Waals surface area contributed by atoms with Crippen molar-refractivity contribution in [3.63, 3.8) is 0 Å². The highest BCUT2D eigenvalue weighted by Crippen LogP contribution is 2.44. The number of aromatic nitrogens is 1. The fourth-order valence-electron chi connectivity index (χ4n) is 3.55. The number of amides is 2. The summed E-state index contributed by atoms with van der Waals surface area (Å²) in [6, 6.07) is 0.294. The van der Waals surface area contributed by atoms with Gasteiger partial charge in [-0.2, -0.15) is 0 Å². The van der Waals surface area contributed by atoms with Gasteiger partial charge < -0.3 is 25.0 Å². The predicted molar refractivity (Wildman–Crippen MR) is 138 cm³/mol. The molecule has 11 heteroatoms. The summed E-state index contributed by atoms with van der Waals surface area (Å²) in [4.78, 5) is 44.7. The van der Waals surface area contributed by atoms with E-state index in [0.29, 0.717) is 48.5 Å². The minimum Gasteiger partial charge on any atom is -0.461 e. The maximum absolute atomic E-state index is 12.7. The summed E-state index contributed by atoms with van der Waals surface area (Å²) in [5.74, 6) is -0.579. The van der Waals surface area contributed by atoms with Gasteiger partial charge in [-0.1, -0.05) is 13.8 Å². The van der Waals surface area contributed by atoms with Gasteiger partial charge in [0.2, 0.25) is 5.91 Å². The Morgan fingerprint density at radius 2 is 2.00 bits per heavy atom. The Bertz CT molecular complexity index is 1070. The Balaban J connectivity index is 1.89. The first-order valence-electron chi connectivity index (χ1n) is 11.8. The van der Waals surface area contributed by atoms with Gasteiger partial charge in [0.25, 0.3) is 0 Å². The fraction of sp³-hybridized carbons (Fsp3) is 0.583. The van der Waals surface area contributed by atoms with E-state index in [1.807, 2.05) is 34.6 Å². The zero-order valence-corrected chi connectivity index (χ0v) is 22.8. The molecule has 0 spiro atoms. The van der Waals surface area contributed by atoms with Crippen molar-refractivity contribution >= 4 is 45.6 Å². The van der Waals surface area contributed by atoms with Crippen molar-refractivity contribution in [3.05, 3.63) is 21.5 Å². The van der Waals surface area contributed by atoms with Gasteiger partial charge in [0.1, 0.15) is 15.6 Å². The maximum atomic E-state index is 12.7. The zero-order chi connectivity index (χ0) is 25.8. The van der Waals surface area contributed by atoms with Crippen LogP contribution in [0.25, 0.3) is 10.6 Å². The summed E-state index contributed by atoms with van der Waals surface area (Å²) in [5.41, 5.74) is 1.53. The van der Waals surface area contributed by atoms with Gasteiger partial charge in [-0.25, -0.2) is 14.6 Å². The van der Waals surface area contributed by atoms with E-state index in [-0.39, 0.29) is 24.3 Å². The van der Waals surface area contributed by atoms with E-state index in [9.17, 15) is 14.4 Å². The van der Waals surface area contributed by atoms with Crippen LogP contribution in [0.5, 0.6) is 0 Å². The summed E-state index contributed by atoms with van der Waals surface area (Å²) in [5, 5.41) is 9.28. The molecule has 3 rings (SSSR count). The molecule has 0 unspecified atom stereocenters. The molecule has 2 aromatic rings. The van der Waals surface area contributed by atoms with Gasteiger partial charge >= 0.3 is 12.1 Å². The number of rotatable bonds is 8. The summed E-state index contributed by atoms with van der Waals surface area (Å²) in [6.07, 6.45) is 0.567. The lowest BCUT2D eigenvalue weighted by Gasteiger charge is -2.30. The van der Waals surface area contributed by atoms with E-state index in [1.54, 1.807) is 17.2 Å². The van der Waals surface area contributed by atoms with E-state index in [0.717, 1.165) is 16.0 Å². The second-order valence-electron chi connectivity index (χ2n) is 9.53. The largest absolute Gasteiger partial charge is 0.461 e. The Kier molecular flexibility index (Phi) is 8.89. The van der Waals surface area contributed by atoms with Gasteiger partial charge in [0.15, 0.2) is 5.69 Å². The molecule has 35 heavy (non-hydrogen) atoms. The second kappa shape index (κ2) is 11.5. The lowest BCUT2D eigenvalue weighted by Crippen LogP contribution is -2.39. The third kappa shape index (κ3) is 7.25. The minimum atomic E-state index is -0.578. The highest BCUT2D eigenvalue weighted by Gasteiger charge is 2.31. The molecule has 2 N–H and O–H groups in total. The van der Waals surface area contributed by atoms with E-state index in [1.165, 1.54) is 22.7 Å². The number of nitrogens with one attached hydrogen (secondary N) is 2. The molecule has 2 amide bonds. The van der Waals surface area contributed by atoms with E-state index >= 15 is 0 Å². The Morgan fingerprint density at radius 3 is 2.66 bits per heavy atom. The molecule has 1 aliphatic heterocycles. The average Bonchev–Trinajstić information content (AvgIpc) is 3.36. The van der Waals surface area contributed by atoms with Crippen LogP contribution in [0.4, 0.5) is 9.80 Å². The molecule has 9 nitrogen and oxygen atoms in total. The van der Waals surface area contributed by atoms with Crippen molar-refractivity contribution in [1.82, 2.24) is 15.2 Å². The molecule has 0 saturated carbocycles. The molecule has 0 aliphatic carbocycles. The van der Waals surface area contributed by atoms with Crippen molar-refractivity contribution in [2.75, 3.05) is 25.0 Å². The van der Waals surface area contributed by atoms with Gasteiger partial charge in [0.05, 0.1) is 13.2 Å². The lowest BCUT2D eigenvalue weighted by atomic mass is 10.0. The second-order valence-corrected chi connectivity index (χ2v) is 11.5. The minimum absolute atomic E-state index is 0.107.